The molecule has 1 atom stereocenters. The van der Waals surface area contributed by atoms with Gasteiger partial charge in [-0.05, 0) is 43.5 Å². The van der Waals surface area contributed by atoms with E-state index in [1.54, 1.807) is 29.2 Å². The number of nitrogens with zero attached hydrogens (tertiary/aromatic N) is 1. The van der Waals surface area contributed by atoms with Crippen LogP contribution in [0.3, 0.4) is 0 Å². The minimum atomic E-state index is 0.0118. The summed E-state index contributed by atoms with van der Waals surface area (Å²) in [7, 11) is 1.81. The van der Waals surface area contributed by atoms with Gasteiger partial charge < -0.3 is 15.1 Å². The second-order valence-electron chi connectivity index (χ2n) is 4.90. The number of nitrogens with two attached hydrogens (primary N) is 1. The van der Waals surface area contributed by atoms with Gasteiger partial charge >= 0.3 is 0 Å². The van der Waals surface area contributed by atoms with Crippen LogP contribution in [-0.2, 0) is 4.74 Å². The van der Waals surface area contributed by atoms with Gasteiger partial charge in [-0.1, -0.05) is 0 Å². The molecule has 0 saturated carbocycles. The Labute approximate surface area is 113 Å². The first-order valence-electron chi connectivity index (χ1n) is 6.64. The smallest absolute Gasteiger partial charge is 0.253 e. The van der Waals surface area contributed by atoms with Crippen molar-refractivity contribution in [1.29, 1.82) is 0 Å². The number of likely N-dealkylation sites (N-methyl/N-ethyl adjacent to an activating group) is 1. The van der Waals surface area contributed by atoms with Gasteiger partial charge in [0.15, 0.2) is 0 Å². The number of nitrogens with one attached hydrogen (secondary N) is 1. The lowest BCUT2D eigenvalue weighted by atomic mass is 10.1. The maximum atomic E-state index is 12.2. The van der Waals surface area contributed by atoms with Gasteiger partial charge in [0.25, 0.3) is 5.91 Å². The molecular weight excluding hydrogens is 242 g/mol. The Bertz CT molecular complexity index is 413. The third kappa shape index (κ3) is 3.68. The number of anilines is 1. The lowest BCUT2D eigenvalue weighted by molar-refractivity contribution is -0.000186. The summed E-state index contributed by atoms with van der Waals surface area (Å²) in [5.74, 6) is 5.31. The number of carbonyl (C=O) groups excluding carboxylic acids is 1. The van der Waals surface area contributed by atoms with Gasteiger partial charge in [0, 0.05) is 31.5 Å². The summed E-state index contributed by atoms with van der Waals surface area (Å²) in [4.78, 5) is 14.0. The van der Waals surface area contributed by atoms with Crippen molar-refractivity contribution in [1.82, 2.24) is 4.90 Å². The molecule has 1 saturated heterocycles. The van der Waals surface area contributed by atoms with Crippen molar-refractivity contribution in [2.75, 3.05) is 25.6 Å². The molecule has 0 spiro atoms. The molecule has 1 aliphatic rings. The molecule has 104 valence electrons. The van der Waals surface area contributed by atoms with Crippen LogP contribution >= 0.6 is 0 Å². The zero-order chi connectivity index (χ0) is 13.7. The molecule has 5 heteroatoms. The van der Waals surface area contributed by atoms with Crippen LogP contribution in [0, 0.1) is 0 Å². The van der Waals surface area contributed by atoms with E-state index in [-0.39, 0.29) is 12.0 Å². The van der Waals surface area contributed by atoms with Crippen LogP contribution in [0.2, 0.25) is 0 Å². The van der Waals surface area contributed by atoms with Gasteiger partial charge in [-0.3, -0.25) is 10.6 Å². The molecule has 1 amide bonds. The monoisotopic (exact) mass is 263 g/mol. The molecule has 1 unspecified atom stereocenters. The summed E-state index contributed by atoms with van der Waals surface area (Å²) in [5, 5.41) is 0. The van der Waals surface area contributed by atoms with Gasteiger partial charge in [-0.2, -0.15) is 0 Å². The number of hydrogen-bond donors (Lipinski definition) is 2. The normalized spacial score (nSPS) is 18.9. The van der Waals surface area contributed by atoms with Gasteiger partial charge in [-0.25, -0.2) is 0 Å². The highest BCUT2D eigenvalue weighted by molar-refractivity contribution is 5.94. The maximum absolute atomic E-state index is 12.2. The third-order valence-electron chi connectivity index (χ3n) is 3.40. The van der Waals surface area contributed by atoms with E-state index in [4.69, 9.17) is 10.6 Å². The average molecular weight is 263 g/mol. The minimum absolute atomic E-state index is 0.0118. The highest BCUT2D eigenvalue weighted by Gasteiger charge is 2.19. The summed E-state index contributed by atoms with van der Waals surface area (Å²) >= 11 is 0. The Morgan fingerprint density at radius 3 is 2.74 bits per heavy atom. The minimum Gasteiger partial charge on any atom is -0.376 e. The Morgan fingerprint density at radius 2 is 2.16 bits per heavy atom. The summed E-state index contributed by atoms with van der Waals surface area (Å²) in [6.07, 6.45) is 3.52. The first-order valence-corrected chi connectivity index (χ1v) is 6.64. The zero-order valence-electron chi connectivity index (χ0n) is 11.3. The number of hydrogen-bond acceptors (Lipinski definition) is 4. The maximum Gasteiger partial charge on any atom is 0.253 e. The van der Waals surface area contributed by atoms with Crippen LogP contribution < -0.4 is 11.3 Å². The molecule has 1 aromatic carbocycles. The molecule has 1 heterocycles. The fraction of sp³-hybridized carbons (Fsp3) is 0.500. The highest BCUT2D eigenvalue weighted by atomic mass is 16.5. The number of benzene rings is 1. The number of nitrogen functional groups attached to an aromatic ring is 1. The van der Waals surface area contributed by atoms with Crippen LogP contribution in [0.25, 0.3) is 0 Å². The molecule has 3 N–H and O–H groups in total. The van der Waals surface area contributed by atoms with Crippen LogP contribution in [0.4, 0.5) is 5.69 Å². The average Bonchev–Trinajstić information content (AvgIpc) is 2.47. The number of hydrazine groups is 1. The van der Waals surface area contributed by atoms with Crippen molar-refractivity contribution >= 4 is 11.6 Å². The van der Waals surface area contributed by atoms with Crippen molar-refractivity contribution in [3.05, 3.63) is 29.8 Å². The zero-order valence-corrected chi connectivity index (χ0v) is 11.3. The Hall–Kier alpha value is -1.59. The molecule has 0 radical (unpaired) electrons. The van der Waals surface area contributed by atoms with E-state index in [0.717, 1.165) is 25.1 Å². The standard InChI is InChI=1S/C14H21N3O2/c1-17(10-13-4-2-3-9-19-13)14(18)11-5-7-12(16-15)8-6-11/h5-8,13,16H,2-4,9-10,15H2,1H3. The lowest BCUT2D eigenvalue weighted by Crippen LogP contribution is -2.37. The van der Waals surface area contributed by atoms with E-state index in [1.807, 2.05) is 7.05 Å². The molecule has 5 nitrogen and oxygen atoms in total. The molecule has 2 rings (SSSR count). The molecule has 19 heavy (non-hydrogen) atoms. The fourth-order valence-corrected chi connectivity index (χ4v) is 2.27. The summed E-state index contributed by atoms with van der Waals surface area (Å²) < 4.78 is 5.65. The Kier molecular flexibility index (Phi) is 4.76. The summed E-state index contributed by atoms with van der Waals surface area (Å²) in [5.41, 5.74) is 3.99. The number of amides is 1. The predicted molar refractivity (Wildman–Crippen MR) is 74.8 cm³/mol. The first-order chi connectivity index (χ1) is 9.20. The molecule has 1 aliphatic heterocycles. The molecular formula is C14H21N3O2. The van der Waals surface area contributed by atoms with Gasteiger partial charge in [-0.15, -0.1) is 0 Å². The fourth-order valence-electron chi connectivity index (χ4n) is 2.27. The number of carbonyl (C=O) groups is 1. The van der Waals surface area contributed by atoms with Crippen molar-refractivity contribution in [2.45, 2.75) is 25.4 Å². The van der Waals surface area contributed by atoms with Crippen LogP contribution in [0.15, 0.2) is 24.3 Å². The molecule has 1 aromatic rings. The Balaban J connectivity index is 1.93. The first kappa shape index (κ1) is 13.8. The SMILES string of the molecule is CN(CC1CCCCO1)C(=O)c1ccc(NN)cc1. The molecule has 0 bridgehead atoms. The van der Waals surface area contributed by atoms with Crippen molar-refractivity contribution in [2.24, 2.45) is 5.84 Å². The van der Waals surface area contributed by atoms with Gasteiger partial charge in [0.2, 0.25) is 0 Å². The van der Waals surface area contributed by atoms with Crippen LogP contribution in [0.1, 0.15) is 29.6 Å². The van der Waals surface area contributed by atoms with Gasteiger partial charge in [0.05, 0.1) is 6.10 Å². The van der Waals surface area contributed by atoms with Crippen molar-refractivity contribution in [3.63, 3.8) is 0 Å². The topological polar surface area (TPSA) is 67.6 Å². The van der Waals surface area contributed by atoms with Crippen molar-refractivity contribution in [3.8, 4) is 0 Å². The highest BCUT2D eigenvalue weighted by Crippen LogP contribution is 2.15. The van der Waals surface area contributed by atoms with Crippen LogP contribution in [0.5, 0.6) is 0 Å². The molecule has 0 aliphatic carbocycles. The van der Waals surface area contributed by atoms with Crippen LogP contribution in [-0.4, -0.2) is 37.1 Å². The largest absolute Gasteiger partial charge is 0.376 e. The molecule has 1 fully saturated rings. The van der Waals surface area contributed by atoms with E-state index in [0.29, 0.717) is 12.1 Å². The second kappa shape index (κ2) is 6.54. The Morgan fingerprint density at radius 1 is 1.42 bits per heavy atom. The summed E-state index contributed by atoms with van der Waals surface area (Å²) in [6, 6.07) is 7.13. The number of ether oxygens (including phenoxy) is 1. The molecule has 0 aromatic heterocycles. The quantitative estimate of drug-likeness (QED) is 0.640. The van der Waals surface area contributed by atoms with Crippen molar-refractivity contribution < 1.29 is 9.53 Å². The third-order valence-corrected chi connectivity index (χ3v) is 3.40. The summed E-state index contributed by atoms with van der Waals surface area (Å²) in [6.45, 7) is 1.46. The van der Waals surface area contributed by atoms with E-state index < -0.39 is 0 Å². The van der Waals surface area contributed by atoms with Gasteiger partial charge in [0.1, 0.15) is 0 Å². The van der Waals surface area contributed by atoms with E-state index >= 15 is 0 Å². The second-order valence-corrected chi connectivity index (χ2v) is 4.90. The predicted octanol–water partition coefficient (Wildman–Crippen LogP) is 1.61. The number of rotatable bonds is 4. The lowest BCUT2D eigenvalue weighted by Gasteiger charge is -2.27. The van der Waals surface area contributed by atoms with E-state index in [2.05, 4.69) is 5.43 Å². The van der Waals surface area contributed by atoms with E-state index in [1.165, 1.54) is 6.42 Å². The van der Waals surface area contributed by atoms with E-state index in [9.17, 15) is 4.79 Å².